The average molecular weight is 359 g/mol. The van der Waals surface area contributed by atoms with Crippen molar-refractivity contribution in [2.45, 2.75) is 12.8 Å². The van der Waals surface area contributed by atoms with E-state index >= 15 is 0 Å². The maximum Gasteiger partial charge on any atom is 0.307 e. The minimum Gasteiger partial charge on any atom is -0.481 e. The van der Waals surface area contributed by atoms with Crippen LogP contribution in [-0.2, 0) is 9.59 Å². The highest BCUT2D eigenvalue weighted by Gasteiger charge is 2.33. The molecule has 20 heavy (non-hydrogen) atoms. The number of nitrogens with one attached hydrogen (secondary N) is 1. The standard InChI is InChI=1S/C14H13BrClNO3/c15-11-7-8(5-6-12(11)16)17-13(18)9-3-1-2-4-10(9)14(19)20/h1-2,5-7,9-10H,3-4H2,(H,17,18)(H,19,20). The second-order valence-electron chi connectivity index (χ2n) is 4.61. The molecule has 2 rings (SSSR count). The zero-order valence-corrected chi connectivity index (χ0v) is 12.8. The molecular weight excluding hydrogens is 346 g/mol. The van der Waals surface area contributed by atoms with Crippen molar-refractivity contribution >= 4 is 45.1 Å². The number of carboxylic acid groups (broad SMARTS) is 1. The Hall–Kier alpha value is -1.33. The third kappa shape index (κ3) is 3.41. The molecule has 1 aliphatic rings. The van der Waals surface area contributed by atoms with Crippen molar-refractivity contribution in [3.63, 3.8) is 0 Å². The first-order valence-electron chi connectivity index (χ1n) is 6.12. The first-order valence-corrected chi connectivity index (χ1v) is 7.30. The summed E-state index contributed by atoms with van der Waals surface area (Å²) in [5, 5.41) is 12.5. The minimum atomic E-state index is -0.938. The summed E-state index contributed by atoms with van der Waals surface area (Å²) in [6, 6.07) is 5.03. The number of carbonyl (C=O) groups excluding carboxylic acids is 1. The van der Waals surface area contributed by atoms with Gasteiger partial charge in [-0.25, -0.2) is 0 Å². The van der Waals surface area contributed by atoms with Gasteiger partial charge in [-0.05, 0) is 47.0 Å². The summed E-state index contributed by atoms with van der Waals surface area (Å²) in [7, 11) is 0. The number of allylic oxidation sites excluding steroid dienone is 2. The largest absolute Gasteiger partial charge is 0.481 e. The lowest BCUT2D eigenvalue weighted by Crippen LogP contribution is -2.34. The quantitative estimate of drug-likeness (QED) is 0.810. The van der Waals surface area contributed by atoms with E-state index in [2.05, 4.69) is 21.2 Å². The van der Waals surface area contributed by atoms with Crippen molar-refractivity contribution in [3.05, 3.63) is 39.8 Å². The molecule has 0 spiro atoms. The van der Waals surface area contributed by atoms with E-state index in [4.69, 9.17) is 16.7 Å². The van der Waals surface area contributed by atoms with E-state index in [0.717, 1.165) is 0 Å². The molecule has 1 aromatic rings. The van der Waals surface area contributed by atoms with Gasteiger partial charge in [0.2, 0.25) is 5.91 Å². The molecule has 4 nitrogen and oxygen atoms in total. The van der Waals surface area contributed by atoms with Gasteiger partial charge in [0.1, 0.15) is 0 Å². The van der Waals surface area contributed by atoms with Crippen molar-refractivity contribution in [2.75, 3.05) is 5.32 Å². The number of halogens is 2. The first kappa shape index (κ1) is 15.1. The number of anilines is 1. The van der Waals surface area contributed by atoms with Crippen LogP contribution in [0.25, 0.3) is 0 Å². The molecule has 106 valence electrons. The minimum absolute atomic E-state index is 0.282. The van der Waals surface area contributed by atoms with Crippen LogP contribution in [0.15, 0.2) is 34.8 Å². The van der Waals surface area contributed by atoms with E-state index in [1.54, 1.807) is 24.3 Å². The summed E-state index contributed by atoms with van der Waals surface area (Å²) in [6.45, 7) is 0. The Balaban J connectivity index is 2.12. The van der Waals surface area contributed by atoms with E-state index in [9.17, 15) is 9.59 Å². The Morgan fingerprint density at radius 2 is 1.90 bits per heavy atom. The second-order valence-corrected chi connectivity index (χ2v) is 5.87. The lowest BCUT2D eigenvalue weighted by molar-refractivity contribution is -0.146. The smallest absolute Gasteiger partial charge is 0.307 e. The molecule has 0 heterocycles. The maximum atomic E-state index is 12.2. The highest BCUT2D eigenvalue weighted by molar-refractivity contribution is 9.10. The Labute approximate surface area is 129 Å². The summed E-state index contributed by atoms with van der Waals surface area (Å²) in [4.78, 5) is 23.4. The van der Waals surface area contributed by atoms with Crippen molar-refractivity contribution in [1.82, 2.24) is 0 Å². The topological polar surface area (TPSA) is 66.4 Å². The van der Waals surface area contributed by atoms with Gasteiger partial charge in [-0.15, -0.1) is 0 Å². The average Bonchev–Trinajstić information content (AvgIpc) is 2.43. The van der Waals surface area contributed by atoms with Crippen LogP contribution >= 0.6 is 27.5 Å². The van der Waals surface area contributed by atoms with Gasteiger partial charge in [-0.3, -0.25) is 9.59 Å². The van der Waals surface area contributed by atoms with Crippen molar-refractivity contribution in [3.8, 4) is 0 Å². The van der Waals surface area contributed by atoms with Gasteiger partial charge in [0, 0.05) is 10.2 Å². The normalized spacial score (nSPS) is 21.5. The maximum absolute atomic E-state index is 12.2. The highest BCUT2D eigenvalue weighted by Crippen LogP contribution is 2.29. The third-order valence-corrected chi connectivity index (χ3v) is 4.49. The third-order valence-electron chi connectivity index (χ3n) is 3.27. The van der Waals surface area contributed by atoms with Crippen LogP contribution in [-0.4, -0.2) is 17.0 Å². The summed E-state index contributed by atoms with van der Waals surface area (Å²) in [5.41, 5.74) is 0.588. The molecule has 0 aromatic heterocycles. The first-order chi connectivity index (χ1) is 9.49. The van der Waals surface area contributed by atoms with Gasteiger partial charge in [0.05, 0.1) is 16.9 Å². The van der Waals surface area contributed by atoms with Crippen molar-refractivity contribution in [1.29, 1.82) is 0 Å². The summed E-state index contributed by atoms with van der Waals surface area (Å²) < 4.78 is 0.676. The fourth-order valence-electron chi connectivity index (χ4n) is 2.19. The fourth-order valence-corrected chi connectivity index (χ4v) is 2.68. The molecule has 2 N–H and O–H groups in total. The van der Waals surface area contributed by atoms with Gasteiger partial charge in [0.25, 0.3) is 0 Å². The van der Waals surface area contributed by atoms with E-state index in [0.29, 0.717) is 28.0 Å². The molecular formula is C14H13BrClNO3. The molecule has 0 bridgehead atoms. The van der Waals surface area contributed by atoms with E-state index in [-0.39, 0.29) is 5.91 Å². The Kier molecular flexibility index (Phi) is 4.83. The van der Waals surface area contributed by atoms with Gasteiger partial charge < -0.3 is 10.4 Å². The predicted octanol–water partition coefficient (Wildman–Crippen LogP) is 3.71. The molecule has 0 aliphatic heterocycles. The van der Waals surface area contributed by atoms with Crippen LogP contribution in [0.3, 0.4) is 0 Å². The zero-order chi connectivity index (χ0) is 14.7. The van der Waals surface area contributed by atoms with Crippen LogP contribution < -0.4 is 5.32 Å². The van der Waals surface area contributed by atoms with Crippen LogP contribution in [0, 0.1) is 11.8 Å². The molecule has 6 heteroatoms. The molecule has 1 amide bonds. The molecule has 0 saturated carbocycles. The number of aliphatic carboxylic acids is 1. The summed E-state index contributed by atoms with van der Waals surface area (Å²) in [5.74, 6) is -2.44. The van der Waals surface area contributed by atoms with Gasteiger partial charge in [-0.2, -0.15) is 0 Å². The number of rotatable bonds is 3. The van der Waals surface area contributed by atoms with Crippen molar-refractivity contribution in [2.24, 2.45) is 11.8 Å². The lowest BCUT2D eigenvalue weighted by atomic mass is 9.82. The van der Waals surface area contributed by atoms with Gasteiger partial charge >= 0.3 is 5.97 Å². The Morgan fingerprint density at radius 1 is 1.25 bits per heavy atom. The SMILES string of the molecule is O=C(O)C1CC=CCC1C(=O)Nc1ccc(Cl)c(Br)c1. The monoisotopic (exact) mass is 357 g/mol. The van der Waals surface area contributed by atoms with Crippen LogP contribution in [0.4, 0.5) is 5.69 Å². The molecule has 2 unspecified atom stereocenters. The van der Waals surface area contributed by atoms with Crippen LogP contribution in [0.2, 0.25) is 5.02 Å². The molecule has 0 saturated heterocycles. The number of carboxylic acids is 1. The Bertz CT molecular complexity index is 574. The van der Waals surface area contributed by atoms with Crippen molar-refractivity contribution < 1.29 is 14.7 Å². The highest BCUT2D eigenvalue weighted by atomic mass is 79.9. The fraction of sp³-hybridized carbons (Fsp3) is 0.286. The number of amides is 1. The zero-order valence-electron chi connectivity index (χ0n) is 10.5. The Morgan fingerprint density at radius 3 is 2.50 bits per heavy atom. The lowest BCUT2D eigenvalue weighted by Gasteiger charge is -2.24. The number of hydrogen-bond acceptors (Lipinski definition) is 2. The van der Waals surface area contributed by atoms with Crippen LogP contribution in [0.1, 0.15) is 12.8 Å². The number of hydrogen-bond donors (Lipinski definition) is 2. The molecule has 1 aliphatic carbocycles. The number of carbonyl (C=O) groups is 2. The van der Waals surface area contributed by atoms with E-state index in [1.165, 1.54) is 0 Å². The second kappa shape index (κ2) is 6.41. The van der Waals surface area contributed by atoms with Crippen LogP contribution in [0.5, 0.6) is 0 Å². The van der Waals surface area contributed by atoms with E-state index in [1.807, 2.05) is 6.08 Å². The number of benzene rings is 1. The van der Waals surface area contributed by atoms with E-state index < -0.39 is 17.8 Å². The molecule has 1 aromatic carbocycles. The molecule has 2 atom stereocenters. The summed E-state index contributed by atoms with van der Waals surface area (Å²) in [6.07, 6.45) is 4.48. The molecule has 0 fully saturated rings. The van der Waals surface area contributed by atoms with Gasteiger partial charge in [0.15, 0.2) is 0 Å². The predicted molar refractivity (Wildman–Crippen MR) is 80.8 cm³/mol. The summed E-state index contributed by atoms with van der Waals surface area (Å²) >= 11 is 9.16. The molecule has 0 radical (unpaired) electrons. The van der Waals surface area contributed by atoms with Gasteiger partial charge in [-0.1, -0.05) is 23.8 Å².